The van der Waals surface area contributed by atoms with Crippen LogP contribution < -0.4 is 0 Å². The fraction of sp³-hybridized carbons (Fsp3) is 0.944. The Morgan fingerprint density at radius 1 is 1.15 bits per heavy atom. The molecule has 4 unspecified atom stereocenters. The van der Waals surface area contributed by atoms with Crippen molar-refractivity contribution in [1.82, 2.24) is 4.90 Å². The molecule has 2 rings (SSSR count). The maximum absolute atomic E-state index is 9.56. The van der Waals surface area contributed by atoms with Gasteiger partial charge in [0.25, 0.3) is 0 Å². The van der Waals surface area contributed by atoms with Crippen LogP contribution in [0.15, 0.2) is 0 Å². The molecule has 2 nitrogen and oxygen atoms in total. The minimum atomic E-state index is 0.257. The van der Waals surface area contributed by atoms with Gasteiger partial charge in [0.05, 0.1) is 12.0 Å². The molecule has 0 N–H and O–H groups in total. The van der Waals surface area contributed by atoms with Gasteiger partial charge in [0, 0.05) is 12.1 Å². The highest BCUT2D eigenvalue weighted by atomic mass is 15.2. The molecule has 1 aliphatic carbocycles. The van der Waals surface area contributed by atoms with E-state index in [1.54, 1.807) is 0 Å². The van der Waals surface area contributed by atoms with Crippen LogP contribution in [0.4, 0.5) is 0 Å². The first-order valence-electron chi connectivity index (χ1n) is 8.50. The van der Waals surface area contributed by atoms with Gasteiger partial charge in [-0.15, -0.1) is 0 Å². The van der Waals surface area contributed by atoms with E-state index in [0.717, 1.165) is 12.3 Å². The van der Waals surface area contributed by atoms with Crippen molar-refractivity contribution < 1.29 is 0 Å². The topological polar surface area (TPSA) is 27.0 Å². The summed E-state index contributed by atoms with van der Waals surface area (Å²) in [6.45, 7) is 13.0. The van der Waals surface area contributed by atoms with Gasteiger partial charge < -0.3 is 0 Å². The number of nitriles is 1. The zero-order chi connectivity index (χ0) is 14.9. The van der Waals surface area contributed by atoms with E-state index in [9.17, 15) is 5.26 Å². The fourth-order valence-electron chi connectivity index (χ4n) is 4.39. The Morgan fingerprint density at radius 3 is 2.40 bits per heavy atom. The summed E-state index contributed by atoms with van der Waals surface area (Å²) < 4.78 is 0. The van der Waals surface area contributed by atoms with E-state index in [2.05, 4.69) is 45.6 Å². The van der Waals surface area contributed by atoms with Gasteiger partial charge >= 0.3 is 0 Å². The summed E-state index contributed by atoms with van der Waals surface area (Å²) >= 11 is 0. The number of hydrogen-bond acceptors (Lipinski definition) is 2. The lowest BCUT2D eigenvalue weighted by Crippen LogP contribution is -2.49. The highest BCUT2D eigenvalue weighted by molar-refractivity contribution is 5.02. The van der Waals surface area contributed by atoms with Crippen molar-refractivity contribution in [2.75, 3.05) is 6.54 Å². The molecule has 1 heterocycles. The van der Waals surface area contributed by atoms with Gasteiger partial charge in [-0.25, -0.2) is 0 Å². The Balaban J connectivity index is 2.15. The first-order chi connectivity index (χ1) is 9.34. The van der Waals surface area contributed by atoms with Gasteiger partial charge in [0.15, 0.2) is 0 Å². The Morgan fingerprint density at radius 2 is 1.85 bits per heavy atom. The molecule has 4 atom stereocenters. The predicted octanol–water partition coefficient (Wildman–Crippen LogP) is 4.46. The maximum Gasteiger partial charge on any atom is 0.0672 e. The van der Waals surface area contributed by atoms with E-state index >= 15 is 0 Å². The van der Waals surface area contributed by atoms with Crippen molar-refractivity contribution in [3.8, 4) is 6.07 Å². The third-order valence-electron chi connectivity index (χ3n) is 5.74. The molecule has 0 bridgehead atoms. The van der Waals surface area contributed by atoms with E-state index in [1.165, 1.54) is 32.2 Å². The minimum absolute atomic E-state index is 0.257. The molecule has 0 spiro atoms. The van der Waals surface area contributed by atoms with Crippen LogP contribution in [0.3, 0.4) is 0 Å². The number of hydrogen-bond donors (Lipinski definition) is 0. The summed E-state index contributed by atoms with van der Waals surface area (Å²) in [6.07, 6.45) is 6.21. The summed E-state index contributed by atoms with van der Waals surface area (Å²) in [7, 11) is 0. The quantitative estimate of drug-likeness (QED) is 0.744. The van der Waals surface area contributed by atoms with Gasteiger partial charge in [0.1, 0.15) is 0 Å². The van der Waals surface area contributed by atoms with Crippen molar-refractivity contribution in [3.63, 3.8) is 0 Å². The maximum atomic E-state index is 9.56. The molecule has 0 aromatic rings. The lowest BCUT2D eigenvalue weighted by molar-refractivity contribution is 0.0418. The first kappa shape index (κ1) is 15.8. The van der Waals surface area contributed by atoms with Gasteiger partial charge in [-0.2, -0.15) is 5.26 Å². The molecule has 1 saturated carbocycles. The highest BCUT2D eigenvalue weighted by Gasteiger charge is 2.42. The lowest BCUT2D eigenvalue weighted by atomic mass is 9.67. The van der Waals surface area contributed by atoms with Crippen LogP contribution >= 0.6 is 0 Å². The van der Waals surface area contributed by atoms with Crippen LogP contribution in [-0.4, -0.2) is 23.5 Å². The Hall–Kier alpha value is -0.550. The summed E-state index contributed by atoms with van der Waals surface area (Å²) in [6, 6.07) is 3.83. The second-order valence-electron chi connectivity index (χ2n) is 8.37. The third-order valence-corrected chi connectivity index (χ3v) is 5.74. The minimum Gasteiger partial charge on any atom is -0.296 e. The van der Waals surface area contributed by atoms with E-state index in [-0.39, 0.29) is 5.92 Å². The monoisotopic (exact) mass is 276 g/mol. The number of rotatable bonds is 2. The van der Waals surface area contributed by atoms with Crippen LogP contribution in [0.5, 0.6) is 0 Å². The molecule has 2 fully saturated rings. The second-order valence-corrected chi connectivity index (χ2v) is 8.37. The molecular weight excluding hydrogens is 244 g/mol. The Kier molecular flexibility index (Phi) is 4.80. The fourth-order valence-corrected chi connectivity index (χ4v) is 4.39. The average molecular weight is 276 g/mol. The molecule has 0 aromatic carbocycles. The molecule has 114 valence electrons. The molecule has 1 aliphatic heterocycles. The lowest BCUT2D eigenvalue weighted by Gasteiger charge is -2.45. The second kappa shape index (κ2) is 6.06. The molecule has 0 radical (unpaired) electrons. The van der Waals surface area contributed by atoms with Crippen LogP contribution in [0.1, 0.15) is 66.7 Å². The summed E-state index contributed by atoms with van der Waals surface area (Å²) in [4.78, 5) is 2.70. The van der Waals surface area contributed by atoms with Gasteiger partial charge in [-0.3, -0.25) is 4.90 Å². The zero-order valence-electron chi connectivity index (χ0n) is 14.0. The van der Waals surface area contributed by atoms with Crippen molar-refractivity contribution in [3.05, 3.63) is 0 Å². The summed E-state index contributed by atoms with van der Waals surface area (Å²) in [5.74, 6) is 1.74. The van der Waals surface area contributed by atoms with E-state index in [4.69, 9.17) is 0 Å². The van der Waals surface area contributed by atoms with Crippen molar-refractivity contribution in [2.45, 2.75) is 78.8 Å². The number of nitrogens with zero attached hydrogens (tertiary/aromatic N) is 2. The normalized spacial score (nSPS) is 36.2. The SMILES string of the molecule is CC(C)C1CCCN1C1CC(C(C)(C)C)CCC1C#N. The van der Waals surface area contributed by atoms with E-state index < -0.39 is 0 Å². The predicted molar refractivity (Wildman–Crippen MR) is 84.3 cm³/mol. The molecule has 0 amide bonds. The van der Waals surface area contributed by atoms with Crippen molar-refractivity contribution in [1.29, 1.82) is 5.26 Å². The van der Waals surface area contributed by atoms with Gasteiger partial charge in [-0.1, -0.05) is 34.6 Å². The van der Waals surface area contributed by atoms with E-state index in [1.807, 2.05) is 0 Å². The standard InChI is InChI=1S/C18H32N2/c1-13(2)16-7-6-10-20(16)17-11-15(18(3,4)5)9-8-14(17)12-19/h13-17H,6-11H2,1-5H3. The molecular formula is C18H32N2. The van der Waals surface area contributed by atoms with E-state index in [0.29, 0.717) is 23.4 Å². The largest absolute Gasteiger partial charge is 0.296 e. The summed E-state index contributed by atoms with van der Waals surface area (Å²) in [5.41, 5.74) is 0.381. The van der Waals surface area contributed by atoms with Crippen LogP contribution in [-0.2, 0) is 0 Å². The van der Waals surface area contributed by atoms with Crippen molar-refractivity contribution >= 4 is 0 Å². The Labute approximate surface area is 125 Å². The summed E-state index contributed by atoms with van der Waals surface area (Å²) in [5, 5.41) is 9.56. The Bertz CT molecular complexity index is 361. The van der Waals surface area contributed by atoms with Gasteiger partial charge in [-0.05, 0) is 55.9 Å². The molecule has 2 heteroatoms. The zero-order valence-corrected chi connectivity index (χ0v) is 14.0. The average Bonchev–Trinajstić information content (AvgIpc) is 2.86. The van der Waals surface area contributed by atoms with Crippen molar-refractivity contribution in [2.24, 2.45) is 23.2 Å². The van der Waals surface area contributed by atoms with Crippen LogP contribution in [0.2, 0.25) is 0 Å². The molecule has 1 saturated heterocycles. The molecule has 2 aliphatic rings. The molecule has 20 heavy (non-hydrogen) atoms. The smallest absolute Gasteiger partial charge is 0.0672 e. The highest BCUT2D eigenvalue weighted by Crippen LogP contribution is 2.43. The third kappa shape index (κ3) is 3.19. The number of likely N-dealkylation sites (tertiary alicyclic amines) is 1. The van der Waals surface area contributed by atoms with Crippen LogP contribution in [0, 0.1) is 34.5 Å². The first-order valence-corrected chi connectivity index (χ1v) is 8.50. The van der Waals surface area contributed by atoms with Gasteiger partial charge in [0.2, 0.25) is 0 Å². The molecule has 0 aromatic heterocycles. The van der Waals surface area contributed by atoms with Crippen LogP contribution in [0.25, 0.3) is 0 Å².